The minimum Gasteiger partial charge on any atom is -0.421 e. The number of hydrogen-bond donors (Lipinski definition) is 0. The SMILES string of the molecule is Cc1cc(C)c(/C(OC(=O)C(C)(C)C)=C(\OC(=O)C(C)(C)C)c2c(C)cc(C)cc2C)c(C)c1. The molecular formula is C30H40O4. The Hall–Kier alpha value is -2.88. The van der Waals surface area contributed by atoms with Gasteiger partial charge in [0.15, 0.2) is 11.5 Å². The van der Waals surface area contributed by atoms with Crippen LogP contribution in [0.4, 0.5) is 0 Å². The minimum atomic E-state index is -0.742. The molecule has 0 aliphatic heterocycles. The molecule has 34 heavy (non-hydrogen) atoms. The molecule has 2 aromatic rings. The lowest BCUT2D eigenvalue weighted by Gasteiger charge is -2.26. The third kappa shape index (κ3) is 6.16. The number of aryl methyl sites for hydroxylation is 6. The van der Waals surface area contributed by atoms with E-state index >= 15 is 0 Å². The molecule has 0 saturated heterocycles. The van der Waals surface area contributed by atoms with Crippen molar-refractivity contribution in [2.75, 3.05) is 0 Å². The highest BCUT2D eigenvalue weighted by Crippen LogP contribution is 2.38. The van der Waals surface area contributed by atoms with Crippen LogP contribution < -0.4 is 0 Å². The summed E-state index contributed by atoms with van der Waals surface area (Å²) < 4.78 is 12.3. The molecule has 4 nitrogen and oxygen atoms in total. The number of carbonyl (C=O) groups is 2. The maximum Gasteiger partial charge on any atom is 0.316 e. The van der Waals surface area contributed by atoms with E-state index < -0.39 is 22.8 Å². The second-order valence-corrected chi connectivity index (χ2v) is 11.5. The van der Waals surface area contributed by atoms with E-state index in [9.17, 15) is 9.59 Å². The van der Waals surface area contributed by atoms with E-state index in [2.05, 4.69) is 0 Å². The molecule has 0 spiro atoms. The third-order valence-electron chi connectivity index (χ3n) is 5.63. The van der Waals surface area contributed by atoms with Crippen molar-refractivity contribution in [1.29, 1.82) is 0 Å². The number of esters is 2. The molecule has 2 aromatic carbocycles. The predicted octanol–water partition coefficient (Wildman–Crippen LogP) is 7.54. The van der Waals surface area contributed by atoms with Gasteiger partial charge in [-0.25, -0.2) is 0 Å². The first-order valence-electron chi connectivity index (χ1n) is 11.8. The molecule has 184 valence electrons. The maximum atomic E-state index is 13.2. The Kier molecular flexibility index (Phi) is 7.87. The van der Waals surface area contributed by atoms with Crippen LogP contribution in [-0.4, -0.2) is 11.9 Å². The second-order valence-electron chi connectivity index (χ2n) is 11.5. The van der Waals surface area contributed by atoms with Crippen LogP contribution in [0.25, 0.3) is 11.5 Å². The van der Waals surface area contributed by atoms with Gasteiger partial charge >= 0.3 is 11.9 Å². The molecule has 0 fully saturated rings. The summed E-state index contributed by atoms with van der Waals surface area (Å²) in [6, 6.07) is 8.19. The first-order chi connectivity index (χ1) is 15.4. The van der Waals surface area contributed by atoms with Crippen molar-refractivity contribution in [2.45, 2.75) is 83.1 Å². The van der Waals surface area contributed by atoms with Gasteiger partial charge in [0.05, 0.1) is 10.8 Å². The number of hydrogen-bond acceptors (Lipinski definition) is 4. The van der Waals surface area contributed by atoms with Crippen LogP contribution >= 0.6 is 0 Å². The molecule has 0 heterocycles. The van der Waals surface area contributed by atoms with Crippen LogP contribution in [0.2, 0.25) is 0 Å². The quantitative estimate of drug-likeness (QED) is 0.266. The Morgan fingerprint density at radius 1 is 0.529 bits per heavy atom. The first kappa shape index (κ1) is 27.4. The number of ether oxygens (including phenoxy) is 2. The van der Waals surface area contributed by atoms with Crippen molar-refractivity contribution in [3.8, 4) is 0 Å². The van der Waals surface area contributed by atoms with Crippen molar-refractivity contribution in [2.24, 2.45) is 10.8 Å². The van der Waals surface area contributed by atoms with Crippen molar-refractivity contribution >= 4 is 23.5 Å². The molecule has 0 atom stereocenters. The van der Waals surface area contributed by atoms with E-state index in [1.54, 1.807) is 0 Å². The lowest BCUT2D eigenvalue weighted by molar-refractivity contribution is -0.147. The van der Waals surface area contributed by atoms with Crippen molar-refractivity contribution in [1.82, 2.24) is 0 Å². The molecule has 0 aliphatic carbocycles. The molecule has 2 rings (SSSR count). The molecule has 0 N–H and O–H groups in total. The smallest absolute Gasteiger partial charge is 0.316 e. The zero-order chi connectivity index (χ0) is 26.2. The summed E-state index contributed by atoms with van der Waals surface area (Å²) in [5.74, 6) is -0.229. The largest absolute Gasteiger partial charge is 0.421 e. The van der Waals surface area contributed by atoms with Crippen molar-refractivity contribution in [3.63, 3.8) is 0 Å². The highest BCUT2D eigenvalue weighted by molar-refractivity contribution is 5.97. The zero-order valence-corrected chi connectivity index (χ0v) is 22.9. The van der Waals surface area contributed by atoms with E-state index in [4.69, 9.17) is 9.47 Å². The summed E-state index contributed by atoms with van der Waals surface area (Å²) in [7, 11) is 0. The fraction of sp³-hybridized carbons (Fsp3) is 0.467. The van der Waals surface area contributed by atoms with Gasteiger partial charge in [0, 0.05) is 11.1 Å². The average molecular weight is 465 g/mol. The van der Waals surface area contributed by atoms with Gasteiger partial charge in [-0.3, -0.25) is 9.59 Å². The molecule has 0 unspecified atom stereocenters. The summed E-state index contributed by atoms with van der Waals surface area (Å²) in [5.41, 5.74) is 6.04. The molecule has 0 amide bonds. The molecule has 0 bridgehead atoms. The Morgan fingerprint density at radius 3 is 0.971 bits per heavy atom. The van der Waals surface area contributed by atoms with Crippen LogP contribution in [0, 0.1) is 52.4 Å². The Labute approximate surface area is 205 Å². The number of carbonyl (C=O) groups excluding carboxylic acids is 2. The van der Waals surface area contributed by atoms with Gasteiger partial charge in [0.1, 0.15) is 0 Å². The normalized spacial score (nSPS) is 12.8. The zero-order valence-electron chi connectivity index (χ0n) is 22.9. The first-order valence-corrected chi connectivity index (χ1v) is 11.8. The fourth-order valence-electron chi connectivity index (χ4n) is 3.99. The summed E-state index contributed by atoms with van der Waals surface area (Å²) in [5, 5.41) is 0. The summed E-state index contributed by atoms with van der Waals surface area (Å²) in [6.45, 7) is 22.9. The predicted molar refractivity (Wildman–Crippen MR) is 139 cm³/mol. The lowest BCUT2D eigenvalue weighted by Crippen LogP contribution is -2.26. The summed E-state index contributed by atoms with van der Waals surface area (Å²) >= 11 is 0. The van der Waals surface area contributed by atoms with E-state index in [0.717, 1.165) is 44.5 Å². The number of benzene rings is 2. The molecule has 0 saturated carbocycles. The van der Waals surface area contributed by atoms with Gasteiger partial charge in [0.2, 0.25) is 0 Å². The van der Waals surface area contributed by atoms with Crippen LogP contribution in [0.15, 0.2) is 24.3 Å². The van der Waals surface area contributed by atoms with Crippen LogP contribution in [0.3, 0.4) is 0 Å². The highest BCUT2D eigenvalue weighted by atomic mass is 16.6. The van der Waals surface area contributed by atoms with Crippen molar-refractivity contribution in [3.05, 3.63) is 68.8 Å². The molecule has 0 aromatic heterocycles. The average Bonchev–Trinajstić information content (AvgIpc) is 2.63. The third-order valence-corrected chi connectivity index (χ3v) is 5.63. The van der Waals surface area contributed by atoms with Crippen LogP contribution in [-0.2, 0) is 19.1 Å². The highest BCUT2D eigenvalue weighted by Gasteiger charge is 2.33. The van der Waals surface area contributed by atoms with Gasteiger partial charge in [-0.15, -0.1) is 0 Å². The monoisotopic (exact) mass is 464 g/mol. The molecule has 4 heteroatoms. The second kappa shape index (κ2) is 9.77. The Balaban J connectivity index is 3.04. The van der Waals surface area contributed by atoms with E-state index in [-0.39, 0.29) is 11.5 Å². The van der Waals surface area contributed by atoms with Gasteiger partial charge in [0.25, 0.3) is 0 Å². The summed E-state index contributed by atoms with van der Waals surface area (Å²) in [6.07, 6.45) is 0. The van der Waals surface area contributed by atoms with E-state index in [1.165, 1.54) is 0 Å². The minimum absolute atomic E-state index is 0.280. The van der Waals surface area contributed by atoms with Gasteiger partial charge in [-0.1, -0.05) is 35.4 Å². The Morgan fingerprint density at radius 2 is 0.765 bits per heavy atom. The van der Waals surface area contributed by atoms with E-state index in [1.807, 2.05) is 107 Å². The van der Waals surface area contributed by atoms with Crippen molar-refractivity contribution < 1.29 is 19.1 Å². The molecular weight excluding hydrogens is 424 g/mol. The Bertz CT molecular complexity index is 1010. The van der Waals surface area contributed by atoms with Crippen LogP contribution in [0.1, 0.15) is 86.1 Å². The standard InChI is InChI=1S/C30H40O4/c1-17-13-19(3)23(20(4)14-17)25(33-27(31)29(7,8)9)26(34-28(32)30(10,11)12)24-21(5)15-18(2)16-22(24)6/h13-16H,1-12H3/b26-25+. The molecule has 0 radical (unpaired) electrons. The fourth-order valence-corrected chi connectivity index (χ4v) is 3.99. The topological polar surface area (TPSA) is 52.6 Å². The summed E-state index contributed by atoms with van der Waals surface area (Å²) in [4.78, 5) is 26.4. The number of rotatable bonds is 4. The van der Waals surface area contributed by atoms with Crippen LogP contribution in [0.5, 0.6) is 0 Å². The van der Waals surface area contributed by atoms with Gasteiger partial charge in [-0.2, -0.15) is 0 Å². The van der Waals surface area contributed by atoms with Gasteiger partial charge < -0.3 is 9.47 Å². The van der Waals surface area contributed by atoms with Gasteiger partial charge in [-0.05, 0) is 105 Å². The lowest BCUT2D eigenvalue weighted by atomic mass is 9.92. The molecule has 0 aliphatic rings. The van der Waals surface area contributed by atoms with E-state index in [0.29, 0.717) is 0 Å². The maximum absolute atomic E-state index is 13.2.